The van der Waals surface area contributed by atoms with Gasteiger partial charge in [-0.1, -0.05) is 19.3 Å². The third-order valence-electron chi connectivity index (χ3n) is 4.51. The molecular weight excluding hydrogens is 294 g/mol. The summed E-state index contributed by atoms with van der Waals surface area (Å²) in [6.45, 7) is 0. The molecule has 0 amide bonds. The highest BCUT2D eigenvalue weighted by Gasteiger charge is 2.20. The minimum atomic E-state index is 0.597. The number of anilines is 1. The van der Waals surface area contributed by atoms with Gasteiger partial charge in [-0.15, -0.1) is 15.3 Å². The van der Waals surface area contributed by atoms with Gasteiger partial charge in [-0.25, -0.2) is 0 Å². The SMILES string of the molecule is CN(c1ccc2nnc(-c3ccsc3)n2n1)C1CCCCC1. The molecule has 6 heteroatoms. The fraction of sp³-hybridized carbons (Fsp3) is 0.438. The quantitative estimate of drug-likeness (QED) is 0.741. The molecule has 0 aromatic carbocycles. The highest BCUT2D eigenvalue weighted by molar-refractivity contribution is 7.08. The summed E-state index contributed by atoms with van der Waals surface area (Å²) in [5.41, 5.74) is 1.87. The van der Waals surface area contributed by atoms with Crippen LogP contribution in [0.2, 0.25) is 0 Å². The Morgan fingerprint density at radius 1 is 1.14 bits per heavy atom. The van der Waals surface area contributed by atoms with Gasteiger partial charge in [0.05, 0.1) is 0 Å². The van der Waals surface area contributed by atoms with Crippen molar-refractivity contribution in [2.75, 3.05) is 11.9 Å². The molecule has 0 aliphatic heterocycles. The van der Waals surface area contributed by atoms with Crippen molar-refractivity contribution >= 4 is 22.8 Å². The normalized spacial score (nSPS) is 16.2. The molecular formula is C16H19N5S. The molecule has 0 atom stereocenters. The Morgan fingerprint density at radius 3 is 2.77 bits per heavy atom. The molecule has 0 unspecified atom stereocenters. The molecule has 3 aromatic rings. The van der Waals surface area contributed by atoms with Gasteiger partial charge in [0, 0.05) is 24.0 Å². The Labute approximate surface area is 133 Å². The predicted molar refractivity (Wildman–Crippen MR) is 89.4 cm³/mol. The van der Waals surface area contributed by atoms with Crippen LogP contribution in [0.15, 0.2) is 29.0 Å². The van der Waals surface area contributed by atoms with Gasteiger partial charge in [-0.05, 0) is 36.4 Å². The first kappa shape index (κ1) is 13.7. The lowest BCUT2D eigenvalue weighted by atomic mass is 9.94. The topological polar surface area (TPSA) is 46.3 Å². The number of aromatic nitrogens is 4. The second kappa shape index (κ2) is 5.68. The fourth-order valence-corrected chi connectivity index (χ4v) is 3.83. The van der Waals surface area contributed by atoms with Crippen LogP contribution in [-0.4, -0.2) is 32.9 Å². The van der Waals surface area contributed by atoms with Gasteiger partial charge in [0.25, 0.3) is 0 Å². The van der Waals surface area contributed by atoms with E-state index in [0.717, 1.165) is 22.9 Å². The molecule has 0 saturated heterocycles. The van der Waals surface area contributed by atoms with Crippen LogP contribution < -0.4 is 4.90 Å². The summed E-state index contributed by atoms with van der Waals surface area (Å²) in [6.07, 6.45) is 6.53. The van der Waals surface area contributed by atoms with E-state index in [1.165, 1.54) is 32.1 Å². The summed E-state index contributed by atoms with van der Waals surface area (Å²) < 4.78 is 1.86. The Bertz CT molecular complexity index is 758. The van der Waals surface area contributed by atoms with Crippen LogP contribution in [0.1, 0.15) is 32.1 Å². The summed E-state index contributed by atoms with van der Waals surface area (Å²) in [5, 5.41) is 17.4. The molecule has 1 fully saturated rings. The molecule has 1 saturated carbocycles. The number of hydrogen-bond acceptors (Lipinski definition) is 5. The van der Waals surface area contributed by atoms with Crippen LogP contribution in [0.3, 0.4) is 0 Å². The number of nitrogens with zero attached hydrogens (tertiary/aromatic N) is 5. The fourth-order valence-electron chi connectivity index (χ4n) is 3.19. The van der Waals surface area contributed by atoms with Crippen LogP contribution in [0, 0.1) is 0 Å². The van der Waals surface area contributed by atoms with Gasteiger partial charge < -0.3 is 4.90 Å². The lowest BCUT2D eigenvalue weighted by molar-refractivity contribution is 0.425. The van der Waals surface area contributed by atoms with Crippen molar-refractivity contribution in [1.29, 1.82) is 0 Å². The lowest BCUT2D eigenvalue weighted by Gasteiger charge is -2.31. The molecule has 0 N–H and O–H groups in total. The first-order valence-electron chi connectivity index (χ1n) is 7.81. The van der Waals surface area contributed by atoms with Crippen LogP contribution in [-0.2, 0) is 0 Å². The predicted octanol–water partition coefficient (Wildman–Crippen LogP) is 3.62. The maximum Gasteiger partial charge on any atom is 0.186 e. The molecule has 1 aliphatic rings. The first-order chi connectivity index (χ1) is 10.8. The highest BCUT2D eigenvalue weighted by Crippen LogP contribution is 2.26. The van der Waals surface area contributed by atoms with Gasteiger partial charge in [0.1, 0.15) is 5.82 Å². The molecule has 22 heavy (non-hydrogen) atoms. The van der Waals surface area contributed by atoms with E-state index < -0.39 is 0 Å². The lowest BCUT2D eigenvalue weighted by Crippen LogP contribution is -2.34. The summed E-state index contributed by atoms with van der Waals surface area (Å²) in [6, 6.07) is 6.71. The molecule has 0 bridgehead atoms. The van der Waals surface area contributed by atoms with E-state index in [0.29, 0.717) is 6.04 Å². The van der Waals surface area contributed by atoms with Crippen LogP contribution in [0.5, 0.6) is 0 Å². The summed E-state index contributed by atoms with van der Waals surface area (Å²) in [7, 11) is 2.15. The maximum absolute atomic E-state index is 4.79. The molecule has 114 valence electrons. The van der Waals surface area contributed by atoms with Gasteiger partial charge in [-0.3, -0.25) is 0 Å². The molecule has 1 aliphatic carbocycles. The van der Waals surface area contributed by atoms with Gasteiger partial charge in [0.15, 0.2) is 11.5 Å². The highest BCUT2D eigenvalue weighted by atomic mass is 32.1. The number of thiophene rings is 1. The van der Waals surface area contributed by atoms with E-state index in [2.05, 4.69) is 45.0 Å². The second-order valence-electron chi connectivity index (χ2n) is 5.90. The average molecular weight is 313 g/mol. The van der Waals surface area contributed by atoms with Crippen LogP contribution in [0.25, 0.3) is 17.0 Å². The van der Waals surface area contributed by atoms with Crippen molar-refractivity contribution in [2.45, 2.75) is 38.1 Å². The van der Waals surface area contributed by atoms with Crippen LogP contribution in [0.4, 0.5) is 5.82 Å². The summed E-state index contributed by atoms with van der Waals surface area (Å²) in [5.74, 6) is 1.81. The average Bonchev–Trinajstić information content (AvgIpc) is 3.23. The van der Waals surface area contributed by atoms with Crippen LogP contribution >= 0.6 is 11.3 Å². The smallest absolute Gasteiger partial charge is 0.186 e. The van der Waals surface area contributed by atoms with E-state index in [1.54, 1.807) is 11.3 Å². The molecule has 0 spiro atoms. The van der Waals surface area contributed by atoms with Gasteiger partial charge in [0.2, 0.25) is 0 Å². The molecule has 4 rings (SSSR count). The largest absolute Gasteiger partial charge is 0.355 e. The monoisotopic (exact) mass is 313 g/mol. The van der Waals surface area contributed by atoms with Crippen molar-refractivity contribution in [3.8, 4) is 11.4 Å². The summed E-state index contributed by atoms with van der Waals surface area (Å²) >= 11 is 1.66. The molecule has 0 radical (unpaired) electrons. The third kappa shape index (κ3) is 2.37. The summed E-state index contributed by atoms with van der Waals surface area (Å²) in [4.78, 5) is 2.32. The van der Waals surface area contributed by atoms with Gasteiger partial charge >= 0.3 is 0 Å². The molecule has 3 heterocycles. The Kier molecular flexibility index (Phi) is 3.54. The van der Waals surface area contributed by atoms with Gasteiger partial charge in [-0.2, -0.15) is 15.9 Å². The minimum absolute atomic E-state index is 0.597. The number of fused-ring (bicyclic) bond motifs is 1. The Balaban J connectivity index is 1.71. The van der Waals surface area contributed by atoms with E-state index >= 15 is 0 Å². The van der Waals surface area contributed by atoms with Crippen molar-refractivity contribution < 1.29 is 0 Å². The molecule has 5 nitrogen and oxygen atoms in total. The van der Waals surface area contributed by atoms with Crippen molar-refractivity contribution in [2.24, 2.45) is 0 Å². The number of rotatable bonds is 3. The van der Waals surface area contributed by atoms with Crippen molar-refractivity contribution in [1.82, 2.24) is 19.8 Å². The number of hydrogen-bond donors (Lipinski definition) is 0. The standard InChI is InChI=1S/C16H19N5S/c1-20(13-5-3-2-4-6-13)15-8-7-14-17-18-16(21(14)19-15)12-9-10-22-11-12/h7-11,13H,2-6H2,1H3. The van der Waals surface area contributed by atoms with E-state index in [1.807, 2.05) is 10.6 Å². The third-order valence-corrected chi connectivity index (χ3v) is 5.20. The van der Waals surface area contributed by atoms with E-state index in [4.69, 9.17) is 5.10 Å². The van der Waals surface area contributed by atoms with E-state index in [9.17, 15) is 0 Å². The van der Waals surface area contributed by atoms with E-state index in [-0.39, 0.29) is 0 Å². The first-order valence-corrected chi connectivity index (χ1v) is 8.75. The zero-order valence-corrected chi connectivity index (χ0v) is 13.5. The van der Waals surface area contributed by atoms with Crippen molar-refractivity contribution in [3.05, 3.63) is 29.0 Å². The molecule has 3 aromatic heterocycles. The second-order valence-corrected chi connectivity index (χ2v) is 6.68. The zero-order valence-electron chi connectivity index (χ0n) is 12.6. The zero-order chi connectivity index (χ0) is 14.9. The van der Waals surface area contributed by atoms with Crippen molar-refractivity contribution in [3.63, 3.8) is 0 Å². The maximum atomic E-state index is 4.79. The Hall–Kier alpha value is -1.95. The minimum Gasteiger partial charge on any atom is -0.355 e. The Morgan fingerprint density at radius 2 is 2.00 bits per heavy atom.